The van der Waals surface area contributed by atoms with E-state index in [9.17, 15) is 28.3 Å². The number of carboxylic acid groups (broad SMARTS) is 1. The summed E-state index contributed by atoms with van der Waals surface area (Å²) in [5.41, 5.74) is 3.26. The number of carbonyl (C=O) groups excluding carboxylic acids is 3. The van der Waals surface area contributed by atoms with E-state index in [0.29, 0.717) is 59.8 Å². The quantitative estimate of drug-likeness (QED) is 0.280. The lowest BCUT2D eigenvalue weighted by Gasteiger charge is -2.38. The van der Waals surface area contributed by atoms with E-state index in [2.05, 4.69) is 0 Å². The summed E-state index contributed by atoms with van der Waals surface area (Å²) in [6.45, 7) is 6.93. The van der Waals surface area contributed by atoms with Gasteiger partial charge in [-0.1, -0.05) is 31.2 Å². The first kappa shape index (κ1) is 34.3. The lowest BCUT2D eigenvalue weighted by molar-refractivity contribution is -0.255. The number of rotatable bonds is 9. The van der Waals surface area contributed by atoms with Gasteiger partial charge in [0.25, 0.3) is 12.3 Å². The molecule has 3 aliphatic rings. The summed E-state index contributed by atoms with van der Waals surface area (Å²) in [7, 11) is 0. The van der Waals surface area contributed by atoms with Crippen LogP contribution in [0.4, 0.5) is 13.6 Å². The van der Waals surface area contributed by atoms with E-state index >= 15 is 0 Å². The van der Waals surface area contributed by atoms with Gasteiger partial charge in [-0.2, -0.15) is 0 Å². The van der Waals surface area contributed by atoms with Gasteiger partial charge in [0.2, 0.25) is 6.29 Å². The topological polar surface area (TPSA) is 113 Å². The number of carbonyl (C=O) groups is 3. The molecule has 3 aromatic rings. The zero-order chi connectivity index (χ0) is 35.0. The number of alkyl halides is 2. The fourth-order valence-electron chi connectivity index (χ4n) is 6.98. The largest absolute Gasteiger partial charge is 0.545 e. The van der Waals surface area contributed by atoms with E-state index in [0.717, 1.165) is 28.9 Å². The van der Waals surface area contributed by atoms with Crippen molar-refractivity contribution in [1.29, 1.82) is 0 Å². The highest BCUT2D eigenvalue weighted by Gasteiger charge is 2.36. The molecule has 1 unspecified atom stereocenters. The van der Waals surface area contributed by atoms with Gasteiger partial charge >= 0.3 is 6.09 Å². The first-order valence-electron chi connectivity index (χ1n) is 16.9. The van der Waals surface area contributed by atoms with Crippen molar-refractivity contribution in [3.05, 3.63) is 70.4 Å². The minimum atomic E-state index is -2.76. The van der Waals surface area contributed by atoms with Crippen molar-refractivity contribution in [2.45, 2.75) is 104 Å². The van der Waals surface area contributed by atoms with Crippen LogP contribution >= 0.6 is 0 Å². The molecular formula is C37H42F2N3O7-. The number of aromatic nitrogens is 1. The Morgan fingerprint density at radius 2 is 1.76 bits per heavy atom. The molecule has 4 heterocycles. The van der Waals surface area contributed by atoms with Crippen molar-refractivity contribution < 1.29 is 42.5 Å². The molecular weight excluding hydrogens is 636 g/mol. The van der Waals surface area contributed by atoms with Gasteiger partial charge in [-0.15, -0.1) is 0 Å². The highest BCUT2D eigenvalue weighted by Crippen LogP contribution is 2.43. The number of hydrogen-bond acceptors (Lipinski definition) is 7. The zero-order valence-corrected chi connectivity index (χ0v) is 28.3. The summed E-state index contributed by atoms with van der Waals surface area (Å²) in [6, 6.07) is 12.3. The number of benzene rings is 2. The maximum absolute atomic E-state index is 14.9. The van der Waals surface area contributed by atoms with Crippen LogP contribution in [0, 0.1) is 0 Å². The van der Waals surface area contributed by atoms with Gasteiger partial charge in [0.05, 0.1) is 18.1 Å². The van der Waals surface area contributed by atoms with Crippen molar-refractivity contribution in [3.8, 4) is 22.8 Å². The van der Waals surface area contributed by atoms with Crippen LogP contribution in [0.25, 0.3) is 11.3 Å². The summed E-state index contributed by atoms with van der Waals surface area (Å²) in [6.07, 6.45) is -0.624. The normalized spacial score (nSPS) is 18.2. The molecule has 0 bridgehead atoms. The van der Waals surface area contributed by atoms with Crippen LogP contribution in [-0.4, -0.2) is 69.8 Å². The number of amides is 2. The van der Waals surface area contributed by atoms with E-state index in [1.54, 1.807) is 43.9 Å². The Hall–Kier alpha value is -4.61. The van der Waals surface area contributed by atoms with Gasteiger partial charge in [-0.25, -0.2) is 13.6 Å². The van der Waals surface area contributed by atoms with E-state index in [4.69, 9.17) is 14.2 Å². The summed E-state index contributed by atoms with van der Waals surface area (Å²) in [5, 5.41) is 12.2. The van der Waals surface area contributed by atoms with Crippen LogP contribution in [-0.2, 0) is 30.7 Å². The van der Waals surface area contributed by atoms with Crippen LogP contribution in [0.15, 0.2) is 42.5 Å². The van der Waals surface area contributed by atoms with Crippen molar-refractivity contribution >= 4 is 18.0 Å². The fourth-order valence-corrected chi connectivity index (χ4v) is 6.98. The molecule has 2 aromatic carbocycles. The van der Waals surface area contributed by atoms with Crippen LogP contribution < -0.4 is 14.6 Å². The second-order valence-electron chi connectivity index (χ2n) is 13.9. The third-order valence-electron chi connectivity index (χ3n) is 9.27. The van der Waals surface area contributed by atoms with Gasteiger partial charge in [-0.05, 0) is 82.2 Å². The van der Waals surface area contributed by atoms with Gasteiger partial charge in [-0.3, -0.25) is 4.79 Å². The number of aromatic carboxylic acids is 1. The number of hydrogen-bond donors (Lipinski definition) is 0. The Bertz CT molecular complexity index is 1750. The molecule has 6 rings (SSSR count). The van der Waals surface area contributed by atoms with Gasteiger partial charge in [0.1, 0.15) is 5.60 Å². The van der Waals surface area contributed by atoms with E-state index in [1.807, 2.05) is 35.8 Å². The van der Waals surface area contributed by atoms with Gasteiger partial charge in [0, 0.05) is 54.6 Å². The minimum absolute atomic E-state index is 0.0524. The Morgan fingerprint density at radius 1 is 1.04 bits per heavy atom. The summed E-state index contributed by atoms with van der Waals surface area (Å²) in [4.78, 5) is 42.8. The molecule has 10 nitrogen and oxygen atoms in total. The van der Waals surface area contributed by atoms with Crippen molar-refractivity contribution in [1.82, 2.24) is 14.4 Å². The highest BCUT2D eigenvalue weighted by molar-refractivity contribution is 6.02. The molecule has 0 saturated carbocycles. The Morgan fingerprint density at radius 3 is 2.43 bits per heavy atom. The van der Waals surface area contributed by atoms with Crippen LogP contribution in [0.5, 0.6) is 11.5 Å². The molecule has 3 aliphatic heterocycles. The maximum Gasteiger partial charge on any atom is 0.410 e. The minimum Gasteiger partial charge on any atom is -0.545 e. The molecule has 0 aliphatic carbocycles. The second kappa shape index (κ2) is 13.7. The van der Waals surface area contributed by atoms with E-state index in [-0.39, 0.29) is 31.0 Å². The van der Waals surface area contributed by atoms with Crippen LogP contribution in [0.1, 0.15) is 90.9 Å². The van der Waals surface area contributed by atoms with Gasteiger partial charge < -0.3 is 38.5 Å². The first-order valence-corrected chi connectivity index (χ1v) is 16.9. The molecule has 262 valence electrons. The molecule has 12 heteroatoms. The van der Waals surface area contributed by atoms with Crippen molar-refractivity contribution in [2.75, 3.05) is 13.1 Å². The third-order valence-corrected chi connectivity index (χ3v) is 9.27. The number of ether oxygens (including phenoxy) is 3. The predicted molar refractivity (Wildman–Crippen MR) is 175 cm³/mol. The first-order chi connectivity index (χ1) is 23.3. The summed E-state index contributed by atoms with van der Waals surface area (Å²) >= 11 is 0. The Kier molecular flexibility index (Phi) is 9.59. The molecule has 0 spiro atoms. The van der Waals surface area contributed by atoms with E-state index < -0.39 is 43.0 Å². The number of halogens is 2. The van der Waals surface area contributed by atoms with E-state index in [1.165, 1.54) is 0 Å². The fraction of sp³-hybridized carbons (Fsp3) is 0.486. The average Bonchev–Trinajstić information content (AvgIpc) is 3.65. The maximum atomic E-state index is 14.9. The van der Waals surface area contributed by atoms with Crippen molar-refractivity contribution in [3.63, 3.8) is 0 Å². The predicted octanol–water partition coefficient (Wildman–Crippen LogP) is 5.82. The standard InChI is InChI=1S/C37H43F2N3O7/c1-5-33-47-30-18-25(29-17-27(35(44)45)28-12-8-9-14-41(28)29)26(19-31(30)48-33)34(43)42-20-23-11-7-6-10-22(23)16-24(42)13-15-40(21-32(38)39)36(46)49-37(2,3)4/h6-7,10-11,17-19,24,32-33H,5,8-9,12-16,20-21H2,1-4H3,(H,44,45)/p-1/t24-,33?/m1/s1. The third kappa shape index (κ3) is 7.23. The Labute approximate surface area is 284 Å². The lowest BCUT2D eigenvalue weighted by Crippen LogP contribution is -2.47. The number of carboxylic acids is 1. The van der Waals surface area contributed by atoms with Crippen LogP contribution in [0.3, 0.4) is 0 Å². The molecule has 2 atom stereocenters. The summed E-state index contributed by atoms with van der Waals surface area (Å²) < 4.78 is 46.7. The van der Waals surface area contributed by atoms with Crippen molar-refractivity contribution in [2.24, 2.45) is 0 Å². The SMILES string of the molecule is CCC1Oc2cc(C(=O)N3Cc4ccccc4C[C@H]3CCN(CC(F)F)C(=O)OC(C)(C)C)c(-c3cc(C(=O)[O-])c4n3CCCC4)cc2O1. The highest BCUT2D eigenvalue weighted by atomic mass is 19.3. The molecule has 0 saturated heterocycles. The molecule has 1 aromatic heterocycles. The second-order valence-corrected chi connectivity index (χ2v) is 13.9. The molecule has 2 amide bonds. The average molecular weight is 679 g/mol. The van der Waals surface area contributed by atoms with Gasteiger partial charge in [0.15, 0.2) is 11.5 Å². The molecule has 0 fully saturated rings. The molecule has 49 heavy (non-hydrogen) atoms. The molecule has 0 radical (unpaired) electrons. The smallest absolute Gasteiger partial charge is 0.410 e. The zero-order valence-electron chi connectivity index (χ0n) is 28.3. The number of nitrogens with zero attached hydrogens (tertiary/aromatic N) is 3. The Balaban J connectivity index is 1.40. The van der Waals surface area contributed by atoms with Crippen LogP contribution in [0.2, 0.25) is 0 Å². The molecule has 0 N–H and O–H groups in total. The monoisotopic (exact) mass is 678 g/mol. The number of fused-ring (bicyclic) bond motifs is 3. The summed E-state index contributed by atoms with van der Waals surface area (Å²) in [5.74, 6) is -0.741. The lowest BCUT2D eigenvalue weighted by atomic mass is 9.90.